The number of benzene rings is 1. The van der Waals surface area contributed by atoms with E-state index in [0.717, 1.165) is 22.7 Å². The number of nitrogens with zero attached hydrogens (tertiary/aromatic N) is 1. The van der Waals surface area contributed by atoms with E-state index in [1.54, 1.807) is 0 Å². The highest BCUT2D eigenvalue weighted by Gasteiger charge is 2.13. The largest absolute Gasteiger partial charge is 0.389 e. The lowest BCUT2D eigenvalue weighted by Gasteiger charge is -2.15. The van der Waals surface area contributed by atoms with Crippen molar-refractivity contribution in [1.82, 2.24) is 4.90 Å². The molecule has 0 atom stereocenters. The number of nitrogens with two attached hydrogens (primary N) is 1. The van der Waals surface area contributed by atoms with Crippen LogP contribution in [-0.4, -0.2) is 23.0 Å². The molecule has 1 fully saturated rings. The van der Waals surface area contributed by atoms with Crippen LogP contribution in [-0.2, 0) is 6.54 Å². The summed E-state index contributed by atoms with van der Waals surface area (Å²) in [5.41, 5.74) is 7.55. The molecule has 1 aliphatic heterocycles. The Morgan fingerprint density at radius 3 is 2.62 bits per heavy atom. The minimum atomic E-state index is 0.398. The van der Waals surface area contributed by atoms with Gasteiger partial charge in [0.05, 0.1) is 0 Å². The third kappa shape index (κ3) is 2.73. The topological polar surface area (TPSA) is 29.3 Å². The zero-order chi connectivity index (χ0) is 11.5. The average Bonchev–Trinajstić information content (AvgIpc) is 2.73. The van der Waals surface area contributed by atoms with E-state index in [0.29, 0.717) is 4.99 Å². The molecule has 0 aromatic heterocycles. The van der Waals surface area contributed by atoms with Gasteiger partial charge >= 0.3 is 0 Å². The monoisotopic (exact) mass is 254 g/mol. The summed E-state index contributed by atoms with van der Waals surface area (Å²) in [6, 6.07) is 5.82. The number of rotatable bonds is 3. The molecule has 2 rings (SSSR count). The zero-order valence-corrected chi connectivity index (χ0v) is 10.7. The minimum Gasteiger partial charge on any atom is -0.389 e. The van der Waals surface area contributed by atoms with Crippen molar-refractivity contribution < 1.29 is 0 Å². The van der Waals surface area contributed by atoms with Crippen LogP contribution in [0, 0.1) is 0 Å². The number of hydrogen-bond acceptors (Lipinski definition) is 2. The predicted octanol–water partition coefficient (Wildman–Crippen LogP) is 2.57. The van der Waals surface area contributed by atoms with Crippen LogP contribution in [0.25, 0.3) is 0 Å². The Labute approximate surface area is 106 Å². The fourth-order valence-corrected chi connectivity index (χ4v) is 2.38. The molecule has 1 aromatic carbocycles. The maximum atomic E-state index is 6.21. The van der Waals surface area contributed by atoms with Gasteiger partial charge in [0.15, 0.2) is 0 Å². The Bertz CT molecular complexity index is 400. The normalized spacial score (nSPS) is 16.6. The van der Waals surface area contributed by atoms with Crippen molar-refractivity contribution in [2.24, 2.45) is 5.73 Å². The first-order valence-electron chi connectivity index (χ1n) is 5.47. The van der Waals surface area contributed by atoms with Crippen molar-refractivity contribution in [3.63, 3.8) is 0 Å². The molecular weight excluding hydrogens is 240 g/mol. The molecular formula is C12H15ClN2S. The van der Waals surface area contributed by atoms with Crippen LogP contribution in [0.5, 0.6) is 0 Å². The molecule has 16 heavy (non-hydrogen) atoms. The third-order valence-electron chi connectivity index (χ3n) is 2.93. The quantitative estimate of drug-likeness (QED) is 0.841. The minimum absolute atomic E-state index is 0.398. The highest BCUT2D eigenvalue weighted by atomic mass is 35.5. The first-order valence-corrected chi connectivity index (χ1v) is 6.26. The van der Waals surface area contributed by atoms with E-state index in [2.05, 4.69) is 4.90 Å². The van der Waals surface area contributed by atoms with Crippen LogP contribution < -0.4 is 5.73 Å². The van der Waals surface area contributed by atoms with Gasteiger partial charge in [0.1, 0.15) is 4.99 Å². The van der Waals surface area contributed by atoms with E-state index in [1.165, 1.54) is 25.9 Å². The van der Waals surface area contributed by atoms with Gasteiger partial charge in [-0.1, -0.05) is 36.0 Å². The van der Waals surface area contributed by atoms with E-state index < -0.39 is 0 Å². The summed E-state index contributed by atoms with van der Waals surface area (Å²) in [7, 11) is 0. The highest BCUT2D eigenvalue weighted by Crippen LogP contribution is 2.21. The van der Waals surface area contributed by atoms with E-state index in [1.807, 2.05) is 18.2 Å². The molecule has 1 saturated heterocycles. The van der Waals surface area contributed by atoms with E-state index in [9.17, 15) is 0 Å². The summed E-state index contributed by atoms with van der Waals surface area (Å²) < 4.78 is 0. The second-order valence-electron chi connectivity index (χ2n) is 4.15. The molecule has 0 unspecified atom stereocenters. The molecule has 86 valence electrons. The van der Waals surface area contributed by atoms with Crippen molar-refractivity contribution in [3.8, 4) is 0 Å². The molecule has 0 bridgehead atoms. The number of halogens is 1. The molecule has 2 nitrogen and oxygen atoms in total. The Hall–Kier alpha value is -0.640. The van der Waals surface area contributed by atoms with Crippen molar-refractivity contribution in [1.29, 1.82) is 0 Å². The lowest BCUT2D eigenvalue weighted by Crippen LogP contribution is -2.18. The predicted molar refractivity (Wildman–Crippen MR) is 71.9 cm³/mol. The molecule has 0 amide bonds. The van der Waals surface area contributed by atoms with Crippen LogP contribution >= 0.6 is 23.8 Å². The van der Waals surface area contributed by atoms with Gasteiger partial charge in [-0.2, -0.15) is 0 Å². The van der Waals surface area contributed by atoms with E-state index >= 15 is 0 Å². The van der Waals surface area contributed by atoms with Crippen molar-refractivity contribution in [2.45, 2.75) is 19.4 Å². The Balaban J connectivity index is 2.12. The third-order valence-corrected chi connectivity index (χ3v) is 3.52. The number of hydrogen-bond donors (Lipinski definition) is 1. The molecule has 0 aliphatic carbocycles. The van der Waals surface area contributed by atoms with Crippen LogP contribution in [0.3, 0.4) is 0 Å². The molecule has 0 saturated carbocycles. The van der Waals surface area contributed by atoms with Gasteiger partial charge in [-0.15, -0.1) is 0 Å². The second kappa shape index (κ2) is 5.13. The Morgan fingerprint density at radius 2 is 2.06 bits per heavy atom. The lowest BCUT2D eigenvalue weighted by molar-refractivity contribution is 0.331. The standard InChI is InChI=1S/C12H15ClN2S/c13-11-7-9(12(14)16)3-4-10(11)8-15-5-1-2-6-15/h3-4,7H,1-2,5-6,8H2,(H2,14,16). The first-order chi connectivity index (χ1) is 7.66. The SMILES string of the molecule is NC(=S)c1ccc(CN2CCCC2)c(Cl)c1. The summed E-state index contributed by atoms with van der Waals surface area (Å²) in [5.74, 6) is 0. The van der Waals surface area contributed by atoms with Gasteiger partial charge < -0.3 is 5.73 Å². The first kappa shape index (κ1) is 11.8. The molecule has 1 aliphatic rings. The number of likely N-dealkylation sites (tertiary alicyclic amines) is 1. The van der Waals surface area contributed by atoms with Crippen molar-refractivity contribution in [2.75, 3.05) is 13.1 Å². The van der Waals surface area contributed by atoms with Crippen LogP contribution in [0.1, 0.15) is 24.0 Å². The second-order valence-corrected chi connectivity index (χ2v) is 5.00. The summed E-state index contributed by atoms with van der Waals surface area (Å²) in [5, 5.41) is 0.761. The maximum Gasteiger partial charge on any atom is 0.104 e. The van der Waals surface area contributed by atoms with Gasteiger partial charge in [0.25, 0.3) is 0 Å². The summed E-state index contributed by atoms with van der Waals surface area (Å²) in [6.07, 6.45) is 2.59. The van der Waals surface area contributed by atoms with E-state index in [4.69, 9.17) is 29.6 Å². The van der Waals surface area contributed by atoms with Gasteiger partial charge in [-0.3, -0.25) is 4.90 Å². The highest BCUT2D eigenvalue weighted by molar-refractivity contribution is 7.80. The maximum absolute atomic E-state index is 6.21. The zero-order valence-electron chi connectivity index (χ0n) is 9.08. The van der Waals surface area contributed by atoms with Gasteiger partial charge in [0, 0.05) is 17.1 Å². The summed E-state index contributed by atoms with van der Waals surface area (Å²) in [4.78, 5) is 2.82. The molecule has 0 radical (unpaired) electrons. The molecule has 1 heterocycles. The Morgan fingerprint density at radius 1 is 1.38 bits per heavy atom. The van der Waals surface area contributed by atoms with Gasteiger partial charge in [-0.25, -0.2) is 0 Å². The lowest BCUT2D eigenvalue weighted by atomic mass is 10.1. The van der Waals surface area contributed by atoms with Crippen LogP contribution in [0.4, 0.5) is 0 Å². The van der Waals surface area contributed by atoms with Gasteiger partial charge in [0.2, 0.25) is 0 Å². The van der Waals surface area contributed by atoms with Crippen LogP contribution in [0.2, 0.25) is 5.02 Å². The summed E-state index contributed by atoms with van der Waals surface area (Å²) >= 11 is 11.1. The Kier molecular flexibility index (Phi) is 3.79. The number of thiocarbonyl (C=S) groups is 1. The summed E-state index contributed by atoms with van der Waals surface area (Å²) in [6.45, 7) is 3.28. The average molecular weight is 255 g/mol. The van der Waals surface area contributed by atoms with Crippen molar-refractivity contribution >= 4 is 28.8 Å². The fourth-order valence-electron chi connectivity index (χ4n) is 2.01. The van der Waals surface area contributed by atoms with E-state index in [-0.39, 0.29) is 0 Å². The molecule has 2 N–H and O–H groups in total. The fraction of sp³-hybridized carbons (Fsp3) is 0.417. The van der Waals surface area contributed by atoms with Crippen molar-refractivity contribution in [3.05, 3.63) is 34.3 Å². The molecule has 0 spiro atoms. The van der Waals surface area contributed by atoms with Gasteiger partial charge in [-0.05, 0) is 37.6 Å². The smallest absolute Gasteiger partial charge is 0.104 e. The molecule has 1 aromatic rings. The molecule has 4 heteroatoms. The van der Waals surface area contributed by atoms with Crippen LogP contribution in [0.15, 0.2) is 18.2 Å².